The van der Waals surface area contributed by atoms with Gasteiger partial charge in [-0.3, -0.25) is 0 Å². The molecule has 0 saturated heterocycles. The molecule has 1 aromatic rings. The van der Waals surface area contributed by atoms with E-state index in [1.807, 2.05) is 0 Å². The van der Waals surface area contributed by atoms with E-state index in [9.17, 15) is 0 Å². The van der Waals surface area contributed by atoms with Gasteiger partial charge in [-0.2, -0.15) is 0 Å². The van der Waals surface area contributed by atoms with Crippen LogP contribution in [0, 0.1) is 11.3 Å². The fourth-order valence-corrected chi connectivity index (χ4v) is 2.70. The average molecular weight is 250 g/mol. The lowest BCUT2D eigenvalue weighted by Gasteiger charge is -2.24. The lowest BCUT2D eigenvalue weighted by Crippen LogP contribution is -2.21. The van der Waals surface area contributed by atoms with Gasteiger partial charge in [-0.15, -0.1) is 10.2 Å². The minimum atomic E-state index is 0.309. The van der Waals surface area contributed by atoms with E-state index in [0.717, 1.165) is 44.7 Å². The van der Waals surface area contributed by atoms with E-state index in [1.165, 1.54) is 18.1 Å². The summed E-state index contributed by atoms with van der Waals surface area (Å²) < 4.78 is 2.33. The number of hydrogen-bond acceptors (Lipinski definition) is 3. The van der Waals surface area contributed by atoms with Crippen LogP contribution in [0.1, 0.15) is 51.7 Å². The molecule has 0 bridgehead atoms. The highest BCUT2D eigenvalue weighted by Crippen LogP contribution is 2.27. The molecule has 4 heteroatoms. The number of nitrogens with two attached hydrogens (primary N) is 1. The molecule has 0 aliphatic carbocycles. The van der Waals surface area contributed by atoms with E-state index in [4.69, 9.17) is 5.73 Å². The van der Waals surface area contributed by atoms with Gasteiger partial charge in [-0.25, -0.2) is 0 Å². The topological polar surface area (TPSA) is 56.7 Å². The first-order valence-corrected chi connectivity index (χ1v) is 7.13. The summed E-state index contributed by atoms with van der Waals surface area (Å²) in [5.41, 5.74) is 5.97. The maximum atomic E-state index is 5.66. The third-order valence-electron chi connectivity index (χ3n) is 4.13. The van der Waals surface area contributed by atoms with Crippen molar-refractivity contribution in [2.45, 2.75) is 59.4 Å². The zero-order valence-corrected chi connectivity index (χ0v) is 11.9. The van der Waals surface area contributed by atoms with Crippen LogP contribution >= 0.6 is 0 Å². The molecule has 0 fully saturated rings. The molecule has 0 radical (unpaired) electrons. The molecular formula is C14H26N4. The highest BCUT2D eigenvalue weighted by molar-refractivity contribution is 5.00. The molecule has 2 heterocycles. The number of nitrogens with zero attached hydrogens (tertiary/aromatic N) is 3. The summed E-state index contributed by atoms with van der Waals surface area (Å²) in [6.45, 7) is 8.73. The van der Waals surface area contributed by atoms with Gasteiger partial charge in [0.05, 0.1) is 0 Å². The third-order valence-corrected chi connectivity index (χ3v) is 4.13. The molecule has 0 aromatic carbocycles. The second-order valence-corrected chi connectivity index (χ2v) is 6.48. The van der Waals surface area contributed by atoms with Gasteiger partial charge in [0.15, 0.2) is 0 Å². The van der Waals surface area contributed by atoms with Gasteiger partial charge in [0, 0.05) is 19.4 Å². The van der Waals surface area contributed by atoms with E-state index in [-0.39, 0.29) is 0 Å². The zero-order chi connectivity index (χ0) is 13.2. The summed E-state index contributed by atoms with van der Waals surface area (Å²) in [6.07, 6.45) is 5.57. The van der Waals surface area contributed by atoms with Crippen molar-refractivity contribution >= 4 is 0 Å². The molecule has 1 aliphatic heterocycles. The van der Waals surface area contributed by atoms with Crippen LogP contribution in [0.4, 0.5) is 0 Å². The van der Waals surface area contributed by atoms with Crippen molar-refractivity contribution in [3.63, 3.8) is 0 Å². The summed E-state index contributed by atoms with van der Waals surface area (Å²) in [7, 11) is 0. The second kappa shape index (κ2) is 5.39. The van der Waals surface area contributed by atoms with Gasteiger partial charge in [-0.05, 0) is 37.1 Å². The lowest BCUT2D eigenvalue weighted by molar-refractivity contribution is 0.306. The van der Waals surface area contributed by atoms with Gasteiger partial charge in [0.2, 0.25) is 0 Å². The molecule has 1 aliphatic rings. The molecule has 102 valence electrons. The molecule has 1 unspecified atom stereocenters. The Morgan fingerprint density at radius 3 is 2.83 bits per heavy atom. The van der Waals surface area contributed by atoms with Crippen LogP contribution in [0.2, 0.25) is 0 Å². The highest BCUT2D eigenvalue weighted by Gasteiger charge is 2.22. The van der Waals surface area contributed by atoms with Gasteiger partial charge >= 0.3 is 0 Å². The molecule has 1 aromatic heterocycles. The molecule has 0 spiro atoms. The summed E-state index contributed by atoms with van der Waals surface area (Å²) >= 11 is 0. The second-order valence-electron chi connectivity index (χ2n) is 6.48. The maximum absolute atomic E-state index is 5.66. The minimum absolute atomic E-state index is 0.309. The fraction of sp³-hybridized carbons (Fsp3) is 0.857. The molecule has 0 saturated carbocycles. The molecule has 0 amide bonds. The van der Waals surface area contributed by atoms with Crippen LogP contribution in [-0.2, 0) is 19.4 Å². The first-order chi connectivity index (χ1) is 8.52. The highest BCUT2D eigenvalue weighted by atomic mass is 15.3. The normalized spacial score (nSPS) is 19.9. The van der Waals surface area contributed by atoms with Crippen LogP contribution in [0.15, 0.2) is 0 Å². The van der Waals surface area contributed by atoms with Crippen molar-refractivity contribution in [3.05, 3.63) is 11.6 Å². The van der Waals surface area contributed by atoms with Crippen molar-refractivity contribution in [2.24, 2.45) is 17.1 Å². The van der Waals surface area contributed by atoms with Gasteiger partial charge in [-0.1, -0.05) is 20.8 Å². The Morgan fingerprint density at radius 1 is 1.33 bits per heavy atom. The smallest absolute Gasteiger partial charge is 0.133 e. The standard InChI is InChI=1S/C14H26N4/c1-11-5-9-18-12(16-17-13(18)10-11)4-6-14(2,3)7-8-15/h11H,4-10,15H2,1-3H3. The SMILES string of the molecule is CC1CCn2c(CCC(C)(C)CCN)nnc2C1. The monoisotopic (exact) mass is 250 g/mol. The van der Waals surface area contributed by atoms with Crippen molar-refractivity contribution in [3.8, 4) is 0 Å². The zero-order valence-electron chi connectivity index (χ0n) is 11.9. The minimum Gasteiger partial charge on any atom is -0.330 e. The summed E-state index contributed by atoms with van der Waals surface area (Å²) in [5, 5.41) is 8.72. The van der Waals surface area contributed by atoms with Crippen LogP contribution in [0.5, 0.6) is 0 Å². The molecule has 4 nitrogen and oxygen atoms in total. The number of aryl methyl sites for hydroxylation is 1. The summed E-state index contributed by atoms with van der Waals surface area (Å²) in [5.74, 6) is 3.10. The molecule has 2 N–H and O–H groups in total. The Bertz CT molecular complexity index is 394. The maximum Gasteiger partial charge on any atom is 0.133 e. The predicted molar refractivity (Wildman–Crippen MR) is 73.3 cm³/mol. The first-order valence-electron chi connectivity index (χ1n) is 7.13. The summed E-state index contributed by atoms with van der Waals surface area (Å²) in [6, 6.07) is 0. The molecule has 1 atom stereocenters. The summed E-state index contributed by atoms with van der Waals surface area (Å²) in [4.78, 5) is 0. The number of fused-ring (bicyclic) bond motifs is 1. The Kier molecular flexibility index (Phi) is 4.05. The lowest BCUT2D eigenvalue weighted by atomic mass is 9.84. The number of hydrogen-bond donors (Lipinski definition) is 1. The van der Waals surface area contributed by atoms with Crippen molar-refractivity contribution in [2.75, 3.05) is 6.54 Å². The van der Waals surface area contributed by atoms with Gasteiger partial charge in [0.1, 0.15) is 11.6 Å². The molecule has 18 heavy (non-hydrogen) atoms. The van der Waals surface area contributed by atoms with Crippen molar-refractivity contribution in [1.29, 1.82) is 0 Å². The van der Waals surface area contributed by atoms with Gasteiger partial charge < -0.3 is 10.3 Å². The van der Waals surface area contributed by atoms with Crippen LogP contribution < -0.4 is 5.73 Å². The predicted octanol–water partition coefficient (Wildman–Crippen LogP) is 2.17. The van der Waals surface area contributed by atoms with Crippen molar-refractivity contribution < 1.29 is 0 Å². The van der Waals surface area contributed by atoms with E-state index >= 15 is 0 Å². The quantitative estimate of drug-likeness (QED) is 0.871. The Labute approximate surface area is 110 Å². The Balaban J connectivity index is 1.99. The van der Waals surface area contributed by atoms with Crippen molar-refractivity contribution in [1.82, 2.24) is 14.8 Å². The van der Waals surface area contributed by atoms with E-state index in [0.29, 0.717) is 5.41 Å². The van der Waals surface area contributed by atoms with Crippen LogP contribution in [0.3, 0.4) is 0 Å². The van der Waals surface area contributed by atoms with E-state index in [2.05, 4.69) is 35.5 Å². The Morgan fingerprint density at radius 2 is 2.11 bits per heavy atom. The van der Waals surface area contributed by atoms with E-state index < -0.39 is 0 Å². The fourth-order valence-electron chi connectivity index (χ4n) is 2.70. The van der Waals surface area contributed by atoms with Crippen LogP contribution in [0.25, 0.3) is 0 Å². The van der Waals surface area contributed by atoms with Gasteiger partial charge in [0.25, 0.3) is 0 Å². The Hall–Kier alpha value is -0.900. The van der Waals surface area contributed by atoms with E-state index in [1.54, 1.807) is 0 Å². The third kappa shape index (κ3) is 3.10. The number of aromatic nitrogens is 3. The van der Waals surface area contributed by atoms with Crippen LogP contribution in [-0.4, -0.2) is 21.3 Å². The average Bonchev–Trinajstić information content (AvgIpc) is 2.68. The number of rotatable bonds is 5. The molecular weight excluding hydrogens is 224 g/mol. The first kappa shape index (κ1) is 13.5. The largest absolute Gasteiger partial charge is 0.330 e. The molecule has 2 rings (SSSR count).